The van der Waals surface area contributed by atoms with Crippen molar-refractivity contribution in [3.8, 4) is 0 Å². The molecular formula is C19H21FN2O. The normalized spacial score (nSPS) is 17.3. The van der Waals surface area contributed by atoms with E-state index < -0.39 is 0 Å². The molecule has 3 rings (SSSR count). The Labute approximate surface area is 136 Å². The van der Waals surface area contributed by atoms with Crippen LogP contribution >= 0.6 is 0 Å². The van der Waals surface area contributed by atoms with Crippen LogP contribution in [-0.2, 0) is 0 Å². The lowest BCUT2D eigenvalue weighted by atomic mass is 10.0. The highest BCUT2D eigenvalue weighted by molar-refractivity contribution is 5.90. The van der Waals surface area contributed by atoms with Gasteiger partial charge in [0.25, 0.3) is 0 Å². The molecule has 0 aliphatic carbocycles. The lowest BCUT2D eigenvalue weighted by molar-refractivity contribution is 0.207. The van der Waals surface area contributed by atoms with E-state index in [2.05, 4.69) is 5.32 Å². The molecule has 1 aliphatic rings. The Hall–Kier alpha value is -2.36. The number of amides is 2. The molecule has 4 heteroatoms. The maximum atomic E-state index is 13.1. The van der Waals surface area contributed by atoms with Crippen molar-refractivity contribution in [1.29, 1.82) is 0 Å². The maximum absolute atomic E-state index is 13.1. The smallest absolute Gasteiger partial charge is 0.317 e. The van der Waals surface area contributed by atoms with Gasteiger partial charge in [0.1, 0.15) is 5.82 Å². The Balaban J connectivity index is 1.78. The molecule has 1 fully saturated rings. The molecule has 1 N–H and O–H groups in total. The number of urea groups is 1. The van der Waals surface area contributed by atoms with Crippen molar-refractivity contribution >= 4 is 11.7 Å². The summed E-state index contributed by atoms with van der Waals surface area (Å²) in [4.78, 5) is 14.5. The molecule has 2 aromatic carbocycles. The Bertz CT molecular complexity index is 712. The van der Waals surface area contributed by atoms with Crippen LogP contribution in [0.25, 0.3) is 0 Å². The third-order valence-corrected chi connectivity index (χ3v) is 4.61. The summed E-state index contributed by atoms with van der Waals surface area (Å²) in [7, 11) is 0. The molecule has 1 heterocycles. The summed E-state index contributed by atoms with van der Waals surface area (Å²) >= 11 is 0. The van der Waals surface area contributed by atoms with Crippen LogP contribution in [0.4, 0.5) is 14.9 Å². The first-order valence-corrected chi connectivity index (χ1v) is 7.95. The van der Waals surface area contributed by atoms with Crippen LogP contribution in [0.5, 0.6) is 0 Å². The van der Waals surface area contributed by atoms with Gasteiger partial charge in [-0.2, -0.15) is 0 Å². The number of likely N-dealkylation sites (tertiary alicyclic amines) is 1. The Morgan fingerprint density at radius 2 is 1.91 bits per heavy atom. The lowest BCUT2D eigenvalue weighted by Gasteiger charge is -2.26. The number of rotatable bonds is 2. The minimum absolute atomic E-state index is 0.0146. The molecule has 1 unspecified atom stereocenters. The van der Waals surface area contributed by atoms with Gasteiger partial charge in [0.15, 0.2) is 0 Å². The fourth-order valence-corrected chi connectivity index (χ4v) is 3.11. The van der Waals surface area contributed by atoms with Gasteiger partial charge >= 0.3 is 6.03 Å². The molecule has 3 nitrogen and oxygen atoms in total. The largest absolute Gasteiger partial charge is 0.322 e. The third kappa shape index (κ3) is 3.21. The molecule has 23 heavy (non-hydrogen) atoms. The molecule has 1 saturated heterocycles. The van der Waals surface area contributed by atoms with Gasteiger partial charge in [-0.25, -0.2) is 9.18 Å². The number of carbonyl (C=O) groups is 1. The van der Waals surface area contributed by atoms with Crippen LogP contribution in [0.15, 0.2) is 42.5 Å². The van der Waals surface area contributed by atoms with E-state index in [4.69, 9.17) is 0 Å². The van der Waals surface area contributed by atoms with Crippen molar-refractivity contribution in [1.82, 2.24) is 4.90 Å². The molecule has 1 atom stereocenters. The lowest BCUT2D eigenvalue weighted by Crippen LogP contribution is -2.34. The Kier molecular flexibility index (Phi) is 4.33. The van der Waals surface area contributed by atoms with Gasteiger partial charge in [0.2, 0.25) is 0 Å². The van der Waals surface area contributed by atoms with Crippen LogP contribution in [0.2, 0.25) is 0 Å². The van der Waals surface area contributed by atoms with Gasteiger partial charge in [-0.05, 0) is 61.6 Å². The van der Waals surface area contributed by atoms with Gasteiger partial charge in [0, 0.05) is 12.2 Å². The molecule has 0 saturated carbocycles. The Morgan fingerprint density at radius 3 is 2.65 bits per heavy atom. The highest BCUT2D eigenvalue weighted by Gasteiger charge is 2.30. The standard InChI is InChI=1S/C19H21FN2O/c1-13-5-3-6-17(14(13)2)21-19(23)22-12-4-7-18(22)15-8-10-16(20)11-9-15/h3,5-6,8-11,18H,4,7,12H2,1-2H3,(H,21,23). The van der Waals surface area contributed by atoms with E-state index in [-0.39, 0.29) is 17.9 Å². The number of nitrogens with one attached hydrogen (secondary N) is 1. The summed E-state index contributed by atoms with van der Waals surface area (Å²) in [5.41, 5.74) is 4.07. The molecular weight excluding hydrogens is 291 g/mol. The number of hydrogen-bond donors (Lipinski definition) is 1. The molecule has 2 aromatic rings. The predicted molar refractivity (Wildman–Crippen MR) is 90.0 cm³/mol. The first-order valence-electron chi connectivity index (χ1n) is 7.95. The SMILES string of the molecule is Cc1cccc(NC(=O)N2CCCC2c2ccc(F)cc2)c1C. The topological polar surface area (TPSA) is 32.3 Å². The van der Waals surface area contributed by atoms with E-state index in [1.807, 2.05) is 36.9 Å². The van der Waals surface area contributed by atoms with Gasteiger partial charge < -0.3 is 10.2 Å². The summed E-state index contributed by atoms with van der Waals surface area (Å²) in [6.07, 6.45) is 1.87. The summed E-state index contributed by atoms with van der Waals surface area (Å²) in [5.74, 6) is -0.252. The first-order chi connectivity index (χ1) is 11.1. The molecule has 0 radical (unpaired) electrons. The second kappa shape index (κ2) is 6.41. The minimum atomic E-state index is -0.252. The number of aryl methyl sites for hydroxylation is 1. The van der Waals surface area contributed by atoms with Crippen molar-refractivity contribution in [3.63, 3.8) is 0 Å². The quantitative estimate of drug-likeness (QED) is 0.848. The number of carbonyl (C=O) groups excluding carboxylic acids is 1. The molecule has 0 bridgehead atoms. The van der Waals surface area contributed by atoms with E-state index in [1.165, 1.54) is 12.1 Å². The number of nitrogens with zero attached hydrogens (tertiary/aromatic N) is 1. The van der Waals surface area contributed by atoms with E-state index in [0.717, 1.165) is 41.8 Å². The van der Waals surface area contributed by atoms with Crippen LogP contribution in [0, 0.1) is 19.7 Å². The first kappa shape index (κ1) is 15.5. The van der Waals surface area contributed by atoms with Crippen LogP contribution in [-0.4, -0.2) is 17.5 Å². The third-order valence-electron chi connectivity index (χ3n) is 4.61. The van der Waals surface area contributed by atoms with Crippen molar-refractivity contribution in [2.45, 2.75) is 32.7 Å². The van der Waals surface area contributed by atoms with E-state index >= 15 is 0 Å². The number of benzene rings is 2. The fourth-order valence-electron chi connectivity index (χ4n) is 3.11. The molecule has 0 aromatic heterocycles. The van der Waals surface area contributed by atoms with Crippen molar-refractivity contribution in [3.05, 3.63) is 65.0 Å². The minimum Gasteiger partial charge on any atom is -0.317 e. The second-order valence-corrected chi connectivity index (χ2v) is 6.08. The van der Waals surface area contributed by atoms with E-state index in [1.54, 1.807) is 12.1 Å². The number of hydrogen-bond acceptors (Lipinski definition) is 1. The van der Waals surface area contributed by atoms with Crippen LogP contribution in [0.3, 0.4) is 0 Å². The zero-order valence-corrected chi connectivity index (χ0v) is 13.5. The monoisotopic (exact) mass is 312 g/mol. The summed E-state index contributed by atoms with van der Waals surface area (Å²) < 4.78 is 13.1. The number of anilines is 1. The van der Waals surface area contributed by atoms with Crippen LogP contribution in [0.1, 0.15) is 35.6 Å². The summed E-state index contributed by atoms with van der Waals surface area (Å²) in [6.45, 7) is 4.76. The molecule has 1 aliphatic heterocycles. The molecule has 120 valence electrons. The fraction of sp³-hybridized carbons (Fsp3) is 0.316. The number of halogens is 1. The molecule has 2 amide bonds. The van der Waals surface area contributed by atoms with Gasteiger partial charge in [-0.15, -0.1) is 0 Å². The zero-order valence-electron chi connectivity index (χ0n) is 13.5. The summed E-state index contributed by atoms with van der Waals surface area (Å²) in [6, 6.07) is 12.3. The van der Waals surface area contributed by atoms with Gasteiger partial charge in [-0.3, -0.25) is 0 Å². The molecule has 0 spiro atoms. The summed E-state index contributed by atoms with van der Waals surface area (Å²) in [5, 5.41) is 3.02. The van der Waals surface area contributed by atoms with Gasteiger partial charge in [0.05, 0.1) is 6.04 Å². The van der Waals surface area contributed by atoms with Crippen molar-refractivity contribution in [2.24, 2.45) is 0 Å². The average Bonchev–Trinajstić information content (AvgIpc) is 3.02. The second-order valence-electron chi connectivity index (χ2n) is 6.08. The van der Waals surface area contributed by atoms with Gasteiger partial charge in [-0.1, -0.05) is 24.3 Å². The average molecular weight is 312 g/mol. The van der Waals surface area contributed by atoms with Crippen molar-refractivity contribution in [2.75, 3.05) is 11.9 Å². The van der Waals surface area contributed by atoms with Crippen LogP contribution < -0.4 is 5.32 Å². The highest BCUT2D eigenvalue weighted by atomic mass is 19.1. The Morgan fingerprint density at radius 1 is 1.17 bits per heavy atom. The maximum Gasteiger partial charge on any atom is 0.322 e. The van der Waals surface area contributed by atoms with E-state index in [9.17, 15) is 9.18 Å². The zero-order chi connectivity index (χ0) is 16.4. The predicted octanol–water partition coefficient (Wildman–Crippen LogP) is 4.81. The van der Waals surface area contributed by atoms with Crippen molar-refractivity contribution < 1.29 is 9.18 Å². The highest BCUT2D eigenvalue weighted by Crippen LogP contribution is 2.32. The van der Waals surface area contributed by atoms with E-state index in [0.29, 0.717) is 0 Å².